The summed E-state index contributed by atoms with van der Waals surface area (Å²) in [5, 5.41) is 8.85. The van der Waals surface area contributed by atoms with E-state index in [9.17, 15) is 18.0 Å². The number of nitrogen functional groups attached to an aromatic ring is 1. The van der Waals surface area contributed by atoms with Gasteiger partial charge in [-0.2, -0.15) is 13.2 Å². The first-order valence-electron chi connectivity index (χ1n) is 5.59. The molecule has 0 atom stereocenters. The number of nitrogens with zero attached hydrogens (tertiary/aromatic N) is 4. The molecule has 7 nitrogen and oxygen atoms in total. The van der Waals surface area contributed by atoms with E-state index in [1.165, 1.54) is 18.3 Å². The first-order chi connectivity index (χ1) is 10.3. The van der Waals surface area contributed by atoms with Gasteiger partial charge in [0.2, 0.25) is 11.1 Å². The van der Waals surface area contributed by atoms with Crippen molar-refractivity contribution < 1.29 is 18.0 Å². The van der Waals surface area contributed by atoms with Gasteiger partial charge in [-0.25, -0.2) is 9.66 Å². The Hall–Kier alpha value is -2.01. The first-order valence-corrected chi connectivity index (χ1v) is 6.95. The summed E-state index contributed by atoms with van der Waals surface area (Å²) in [5.41, 5.74) is 0. The predicted molar refractivity (Wildman–Crippen MR) is 73.8 cm³/mol. The molecule has 0 unspecified atom stereocenters. The minimum atomic E-state index is -4.71. The Morgan fingerprint density at radius 3 is 2.68 bits per heavy atom. The van der Waals surface area contributed by atoms with Gasteiger partial charge >= 0.3 is 6.18 Å². The molecule has 0 aliphatic heterocycles. The molecule has 1 amide bonds. The smallest absolute Gasteiger partial charge is 0.335 e. The fourth-order valence-corrected chi connectivity index (χ4v) is 2.10. The van der Waals surface area contributed by atoms with E-state index < -0.39 is 17.9 Å². The van der Waals surface area contributed by atoms with Crippen LogP contribution < -0.4 is 11.2 Å². The highest BCUT2D eigenvalue weighted by atomic mass is 35.5. The average molecular weight is 353 g/mol. The maximum Gasteiger partial charge on any atom is 0.453 e. The molecule has 0 aliphatic carbocycles. The van der Waals surface area contributed by atoms with Crippen LogP contribution in [0.2, 0.25) is 5.02 Å². The molecule has 0 radical (unpaired) electrons. The van der Waals surface area contributed by atoms with Gasteiger partial charge in [-0.1, -0.05) is 23.4 Å². The molecule has 2 rings (SSSR count). The van der Waals surface area contributed by atoms with Crippen molar-refractivity contribution >= 4 is 35.1 Å². The molecule has 12 heteroatoms. The van der Waals surface area contributed by atoms with Gasteiger partial charge in [-0.05, 0) is 12.1 Å². The molecule has 0 bridgehead atoms. The molecule has 22 heavy (non-hydrogen) atoms. The second kappa shape index (κ2) is 6.40. The quantitative estimate of drug-likeness (QED) is 0.643. The van der Waals surface area contributed by atoms with Crippen LogP contribution in [0.1, 0.15) is 5.82 Å². The number of carbonyl (C=O) groups is 1. The van der Waals surface area contributed by atoms with Gasteiger partial charge in [-0.15, -0.1) is 10.2 Å². The largest absolute Gasteiger partial charge is 0.453 e. The second-order valence-electron chi connectivity index (χ2n) is 3.87. The number of rotatable bonds is 4. The van der Waals surface area contributed by atoms with Crippen molar-refractivity contribution in [2.45, 2.75) is 11.3 Å². The van der Waals surface area contributed by atoms with Crippen LogP contribution in [0.3, 0.4) is 0 Å². The fourth-order valence-electron chi connectivity index (χ4n) is 1.33. The van der Waals surface area contributed by atoms with Crippen molar-refractivity contribution in [1.82, 2.24) is 19.9 Å². The number of alkyl halides is 3. The summed E-state index contributed by atoms with van der Waals surface area (Å²) >= 11 is 6.36. The molecule has 0 aromatic carbocycles. The Kier molecular flexibility index (Phi) is 4.76. The Labute approximate surface area is 131 Å². The lowest BCUT2D eigenvalue weighted by Gasteiger charge is -2.06. The van der Waals surface area contributed by atoms with Gasteiger partial charge in [0.25, 0.3) is 5.82 Å². The summed E-state index contributed by atoms with van der Waals surface area (Å²) < 4.78 is 37.7. The van der Waals surface area contributed by atoms with Crippen LogP contribution in [0, 0.1) is 0 Å². The van der Waals surface area contributed by atoms with E-state index in [2.05, 4.69) is 20.5 Å². The van der Waals surface area contributed by atoms with Gasteiger partial charge in [-0.3, -0.25) is 4.79 Å². The van der Waals surface area contributed by atoms with E-state index in [-0.39, 0.29) is 16.7 Å². The molecule has 0 fully saturated rings. The predicted octanol–water partition coefficient (Wildman–Crippen LogP) is 1.79. The topological polar surface area (TPSA) is 98.7 Å². The minimum absolute atomic E-state index is 0.211. The average Bonchev–Trinajstić information content (AvgIpc) is 2.80. The van der Waals surface area contributed by atoms with E-state index in [1.54, 1.807) is 0 Å². The van der Waals surface area contributed by atoms with Crippen molar-refractivity contribution in [3.05, 3.63) is 29.2 Å². The van der Waals surface area contributed by atoms with Gasteiger partial charge in [0.1, 0.15) is 5.82 Å². The highest BCUT2D eigenvalue weighted by Crippen LogP contribution is 2.28. The number of thioether (sulfide) groups is 1. The van der Waals surface area contributed by atoms with Crippen molar-refractivity contribution in [1.29, 1.82) is 0 Å². The molecule has 0 saturated heterocycles. The lowest BCUT2D eigenvalue weighted by molar-refractivity contribution is -0.146. The Morgan fingerprint density at radius 2 is 2.14 bits per heavy atom. The van der Waals surface area contributed by atoms with Crippen LogP contribution in [0.4, 0.5) is 19.0 Å². The van der Waals surface area contributed by atoms with E-state index in [0.717, 1.165) is 0 Å². The monoisotopic (exact) mass is 352 g/mol. The Bertz CT molecular complexity index is 674. The zero-order valence-corrected chi connectivity index (χ0v) is 12.2. The molecule has 2 heterocycles. The molecule has 0 saturated carbocycles. The lowest BCUT2D eigenvalue weighted by Crippen LogP contribution is -2.22. The normalized spacial score (nSPS) is 11.5. The first kappa shape index (κ1) is 16.4. The molecule has 2 aromatic rings. The highest BCUT2D eigenvalue weighted by Gasteiger charge is 2.38. The van der Waals surface area contributed by atoms with E-state index in [1.807, 2.05) is 0 Å². The number of pyridine rings is 1. The summed E-state index contributed by atoms with van der Waals surface area (Å²) in [6, 6.07) is 3.02. The maximum absolute atomic E-state index is 12.5. The van der Waals surface area contributed by atoms with Crippen LogP contribution in [0.25, 0.3) is 0 Å². The molecular weight excluding hydrogens is 345 g/mol. The van der Waals surface area contributed by atoms with Crippen LogP contribution in [0.5, 0.6) is 0 Å². The highest BCUT2D eigenvalue weighted by molar-refractivity contribution is 7.99. The van der Waals surface area contributed by atoms with Crippen molar-refractivity contribution in [2.75, 3.05) is 16.9 Å². The summed E-state index contributed by atoms with van der Waals surface area (Å²) in [6.45, 7) is 0. The van der Waals surface area contributed by atoms with E-state index >= 15 is 0 Å². The number of nitrogens with one attached hydrogen (secondary N) is 1. The molecule has 3 N–H and O–H groups in total. The van der Waals surface area contributed by atoms with Gasteiger partial charge in [0, 0.05) is 6.20 Å². The van der Waals surface area contributed by atoms with E-state index in [4.69, 9.17) is 17.4 Å². The van der Waals surface area contributed by atoms with Gasteiger partial charge in [0.05, 0.1) is 10.8 Å². The molecule has 118 valence electrons. The molecular formula is C10H8ClF3N6OS. The number of carbonyl (C=O) groups excluding carboxylic acids is 1. The minimum Gasteiger partial charge on any atom is -0.335 e. The molecule has 0 spiro atoms. The van der Waals surface area contributed by atoms with Crippen molar-refractivity contribution in [3.63, 3.8) is 0 Å². The zero-order valence-electron chi connectivity index (χ0n) is 10.6. The van der Waals surface area contributed by atoms with Crippen molar-refractivity contribution in [2.24, 2.45) is 0 Å². The van der Waals surface area contributed by atoms with Crippen LogP contribution >= 0.6 is 23.4 Å². The standard InChI is InChI=1S/C10H8ClF3N6OS/c11-5-1-2-6(16-3-5)17-7(21)4-22-9-19-18-8(20(9)15)10(12,13)14/h1-3H,4,15H2,(H,16,17,21). The van der Waals surface area contributed by atoms with Gasteiger partial charge in [0.15, 0.2) is 0 Å². The van der Waals surface area contributed by atoms with Crippen molar-refractivity contribution in [3.8, 4) is 0 Å². The molecule has 0 aliphatic rings. The zero-order chi connectivity index (χ0) is 16.3. The summed E-state index contributed by atoms with van der Waals surface area (Å²) in [5.74, 6) is 3.46. The van der Waals surface area contributed by atoms with E-state index in [0.29, 0.717) is 21.5 Å². The van der Waals surface area contributed by atoms with Gasteiger partial charge < -0.3 is 11.2 Å². The summed E-state index contributed by atoms with van der Waals surface area (Å²) in [7, 11) is 0. The number of aromatic nitrogens is 4. The Balaban J connectivity index is 1.94. The second-order valence-corrected chi connectivity index (χ2v) is 5.25. The fraction of sp³-hybridized carbons (Fsp3) is 0.200. The lowest BCUT2D eigenvalue weighted by atomic mass is 10.4. The van der Waals surface area contributed by atoms with Crippen LogP contribution in [-0.4, -0.2) is 31.5 Å². The summed E-state index contributed by atoms with van der Waals surface area (Å²) in [4.78, 5) is 15.5. The maximum atomic E-state index is 12.5. The molecule has 2 aromatic heterocycles. The number of amides is 1. The number of anilines is 1. The Morgan fingerprint density at radius 1 is 1.41 bits per heavy atom. The summed E-state index contributed by atoms with van der Waals surface area (Å²) in [6.07, 6.45) is -3.37. The third-order valence-corrected chi connectivity index (χ3v) is 3.41. The van der Waals surface area contributed by atoms with Crippen LogP contribution in [0.15, 0.2) is 23.5 Å². The third-order valence-electron chi connectivity index (χ3n) is 2.25. The third kappa shape index (κ3) is 4.01. The number of halogens is 4. The SMILES string of the molecule is Nn1c(SCC(=O)Nc2ccc(Cl)cn2)nnc1C(F)(F)F. The van der Waals surface area contributed by atoms with Crippen LogP contribution in [-0.2, 0) is 11.0 Å². The number of hydrogen-bond acceptors (Lipinski definition) is 6. The number of hydrogen-bond donors (Lipinski definition) is 2. The number of nitrogens with two attached hydrogens (primary N) is 1.